The van der Waals surface area contributed by atoms with Gasteiger partial charge >= 0.3 is 0 Å². The molecule has 54 heavy (non-hydrogen) atoms. The molecule has 0 N–H and O–H groups in total. The molecule has 0 atom stereocenters. The number of benzene rings is 8. The highest BCUT2D eigenvalue weighted by atomic mass is 15.2. The summed E-state index contributed by atoms with van der Waals surface area (Å²) in [6.45, 7) is 4.73. The van der Waals surface area contributed by atoms with E-state index in [0.29, 0.717) is 0 Å². The fraction of sp³-hybridized carbons (Fsp3) is 0.0588. The van der Waals surface area contributed by atoms with Gasteiger partial charge in [0.1, 0.15) is 0 Å². The molecular weight excluding hydrogens is 655 g/mol. The summed E-state index contributed by atoms with van der Waals surface area (Å²) in [5, 5.41) is 4.94. The largest absolute Gasteiger partial charge is 0.309 e. The molecule has 0 radical (unpaired) electrons. The first-order valence-electron chi connectivity index (χ1n) is 18.8. The molecule has 3 heteroatoms. The minimum atomic E-state index is -0.132. The number of hydrogen-bond acceptors (Lipinski definition) is 1. The fourth-order valence-corrected chi connectivity index (χ4v) is 9.32. The SMILES string of the molecule is CC1(C)c2ccccc2-c2c(N(c3ccc4c5ccccc5n(-c5ccccc5)c4c3)c3cccc4c3c3ccccc3n4-c3ccccc3)cccc21. The van der Waals surface area contributed by atoms with Crippen molar-refractivity contribution in [3.8, 4) is 22.5 Å². The summed E-state index contributed by atoms with van der Waals surface area (Å²) >= 11 is 0. The van der Waals surface area contributed by atoms with E-state index in [1.165, 1.54) is 71.6 Å². The van der Waals surface area contributed by atoms with Crippen molar-refractivity contribution < 1.29 is 0 Å². The predicted octanol–water partition coefficient (Wildman–Crippen LogP) is 13.7. The highest BCUT2D eigenvalue weighted by Crippen LogP contribution is 2.55. The summed E-state index contributed by atoms with van der Waals surface area (Å²) < 4.78 is 4.83. The Kier molecular flexibility index (Phi) is 6.60. The minimum Gasteiger partial charge on any atom is -0.309 e. The lowest BCUT2D eigenvalue weighted by Crippen LogP contribution is -2.16. The summed E-state index contributed by atoms with van der Waals surface area (Å²) in [5.74, 6) is 0. The molecule has 0 bridgehead atoms. The molecule has 8 aromatic carbocycles. The standard InChI is InChI=1S/C51H37N3/c1-51(2)41-24-12-9-22-39(41)49-42(51)25-15-28-45(49)54(36-31-32-38-37-21-10-13-26-43(37)53(48(38)33-36)35-19-7-4-8-20-35)47-30-16-29-46-50(47)40-23-11-14-27-44(40)52(46)34-17-5-3-6-18-34/h3-33H,1-2H3. The zero-order valence-electron chi connectivity index (χ0n) is 30.2. The molecule has 3 nitrogen and oxygen atoms in total. The quantitative estimate of drug-likeness (QED) is 0.175. The van der Waals surface area contributed by atoms with Crippen LogP contribution in [-0.4, -0.2) is 9.13 Å². The van der Waals surface area contributed by atoms with Gasteiger partial charge in [0.05, 0.1) is 33.4 Å². The molecule has 0 aliphatic heterocycles. The van der Waals surface area contributed by atoms with Crippen molar-refractivity contribution in [1.82, 2.24) is 9.13 Å². The van der Waals surface area contributed by atoms with Crippen LogP contribution >= 0.6 is 0 Å². The van der Waals surface area contributed by atoms with E-state index < -0.39 is 0 Å². The van der Waals surface area contributed by atoms with Crippen LogP contribution in [0.4, 0.5) is 17.1 Å². The van der Waals surface area contributed by atoms with Crippen molar-refractivity contribution >= 4 is 60.7 Å². The monoisotopic (exact) mass is 691 g/mol. The van der Waals surface area contributed by atoms with Crippen molar-refractivity contribution in [3.05, 3.63) is 199 Å². The van der Waals surface area contributed by atoms with Crippen molar-refractivity contribution in [2.45, 2.75) is 19.3 Å². The molecule has 256 valence electrons. The van der Waals surface area contributed by atoms with Gasteiger partial charge in [-0.3, -0.25) is 0 Å². The highest BCUT2D eigenvalue weighted by molar-refractivity contribution is 6.18. The maximum atomic E-state index is 2.54. The van der Waals surface area contributed by atoms with Gasteiger partial charge in [-0.05, 0) is 83.4 Å². The fourth-order valence-electron chi connectivity index (χ4n) is 9.32. The van der Waals surface area contributed by atoms with Gasteiger partial charge in [-0.15, -0.1) is 0 Å². The van der Waals surface area contributed by atoms with E-state index in [1.807, 2.05) is 0 Å². The smallest absolute Gasteiger partial charge is 0.0562 e. The van der Waals surface area contributed by atoms with Gasteiger partial charge in [-0.2, -0.15) is 0 Å². The molecule has 0 spiro atoms. The Hall–Kier alpha value is -6.84. The van der Waals surface area contributed by atoms with Crippen LogP contribution in [0.3, 0.4) is 0 Å². The van der Waals surface area contributed by atoms with Gasteiger partial charge in [0, 0.05) is 49.6 Å². The Morgan fingerprint density at radius 1 is 0.407 bits per heavy atom. The molecule has 0 saturated carbocycles. The summed E-state index contributed by atoms with van der Waals surface area (Å²) in [4.78, 5) is 2.54. The first-order chi connectivity index (χ1) is 26.6. The van der Waals surface area contributed by atoms with Crippen LogP contribution in [-0.2, 0) is 5.41 Å². The Morgan fingerprint density at radius 2 is 0.944 bits per heavy atom. The molecule has 10 aromatic rings. The second-order valence-electron chi connectivity index (χ2n) is 15.0. The number of fused-ring (bicyclic) bond motifs is 9. The molecule has 11 rings (SSSR count). The van der Waals surface area contributed by atoms with Gasteiger partial charge in [-0.1, -0.05) is 135 Å². The van der Waals surface area contributed by atoms with Crippen LogP contribution < -0.4 is 4.90 Å². The van der Waals surface area contributed by atoms with Gasteiger partial charge < -0.3 is 14.0 Å². The lowest BCUT2D eigenvalue weighted by molar-refractivity contribution is 0.660. The third-order valence-electron chi connectivity index (χ3n) is 11.7. The predicted molar refractivity (Wildman–Crippen MR) is 227 cm³/mol. The van der Waals surface area contributed by atoms with Crippen molar-refractivity contribution in [1.29, 1.82) is 0 Å². The Bertz CT molecular complexity index is 3070. The average Bonchev–Trinajstić information content (AvgIpc) is 3.82. The molecule has 0 fully saturated rings. The molecule has 0 saturated heterocycles. The van der Waals surface area contributed by atoms with Gasteiger partial charge in [0.2, 0.25) is 0 Å². The van der Waals surface area contributed by atoms with E-state index >= 15 is 0 Å². The number of nitrogens with zero attached hydrogens (tertiary/aromatic N) is 3. The lowest BCUT2D eigenvalue weighted by atomic mass is 9.82. The van der Waals surface area contributed by atoms with Crippen molar-refractivity contribution in [3.63, 3.8) is 0 Å². The first kappa shape index (κ1) is 30.8. The van der Waals surface area contributed by atoms with E-state index in [2.05, 4.69) is 216 Å². The second-order valence-corrected chi connectivity index (χ2v) is 15.0. The third-order valence-corrected chi connectivity index (χ3v) is 11.7. The summed E-state index contributed by atoms with van der Waals surface area (Å²) in [5.41, 5.74) is 15.7. The van der Waals surface area contributed by atoms with Crippen LogP contribution in [0.1, 0.15) is 25.0 Å². The molecule has 2 aromatic heterocycles. The number of anilines is 3. The molecule has 2 heterocycles. The number of hydrogen-bond donors (Lipinski definition) is 0. The molecule has 0 unspecified atom stereocenters. The minimum absolute atomic E-state index is 0.132. The van der Waals surface area contributed by atoms with Gasteiger partial charge in [0.25, 0.3) is 0 Å². The van der Waals surface area contributed by atoms with Crippen LogP contribution in [0.15, 0.2) is 188 Å². The summed E-state index contributed by atoms with van der Waals surface area (Å²) in [6, 6.07) is 68.9. The van der Waals surface area contributed by atoms with Crippen molar-refractivity contribution in [2.75, 3.05) is 4.90 Å². The zero-order valence-corrected chi connectivity index (χ0v) is 30.2. The van der Waals surface area contributed by atoms with E-state index in [9.17, 15) is 0 Å². The first-order valence-corrected chi connectivity index (χ1v) is 18.8. The van der Waals surface area contributed by atoms with E-state index in [1.54, 1.807) is 0 Å². The molecular formula is C51H37N3. The van der Waals surface area contributed by atoms with Gasteiger partial charge in [0.15, 0.2) is 0 Å². The Labute approximate surface area is 314 Å². The zero-order chi connectivity index (χ0) is 36.0. The maximum absolute atomic E-state index is 2.54. The number of rotatable bonds is 5. The normalized spacial score (nSPS) is 13.1. The summed E-state index contributed by atoms with van der Waals surface area (Å²) in [7, 11) is 0. The van der Waals surface area contributed by atoms with E-state index in [0.717, 1.165) is 22.7 Å². The van der Waals surface area contributed by atoms with Crippen LogP contribution in [0, 0.1) is 0 Å². The topological polar surface area (TPSA) is 13.1 Å². The van der Waals surface area contributed by atoms with E-state index in [-0.39, 0.29) is 5.41 Å². The Morgan fingerprint density at radius 3 is 1.70 bits per heavy atom. The van der Waals surface area contributed by atoms with Crippen LogP contribution in [0.25, 0.3) is 66.1 Å². The average molecular weight is 692 g/mol. The number of aromatic nitrogens is 2. The van der Waals surface area contributed by atoms with Crippen molar-refractivity contribution in [2.24, 2.45) is 0 Å². The van der Waals surface area contributed by atoms with Crippen LogP contribution in [0.5, 0.6) is 0 Å². The molecule has 0 amide bonds. The Balaban J connectivity index is 1.27. The maximum Gasteiger partial charge on any atom is 0.0562 e. The molecule has 1 aliphatic carbocycles. The van der Waals surface area contributed by atoms with Crippen LogP contribution in [0.2, 0.25) is 0 Å². The lowest BCUT2D eigenvalue weighted by Gasteiger charge is -2.30. The second kappa shape index (κ2) is 11.6. The van der Waals surface area contributed by atoms with Gasteiger partial charge in [-0.25, -0.2) is 0 Å². The third kappa shape index (κ3) is 4.30. The summed E-state index contributed by atoms with van der Waals surface area (Å²) in [6.07, 6.45) is 0. The van der Waals surface area contributed by atoms with E-state index in [4.69, 9.17) is 0 Å². The molecule has 1 aliphatic rings. The number of para-hydroxylation sites is 4. The highest BCUT2D eigenvalue weighted by Gasteiger charge is 2.38.